The highest BCUT2D eigenvalue weighted by molar-refractivity contribution is 5.98. The van der Waals surface area contributed by atoms with Gasteiger partial charge in [-0.25, -0.2) is 0 Å². The largest absolute Gasteiger partial charge is 0.344 e. The molecule has 222 valence electrons. The molecule has 1 fully saturated rings. The number of carbonyl (C=O) groups excluding carboxylic acids is 3. The van der Waals surface area contributed by atoms with Crippen molar-refractivity contribution in [2.45, 2.75) is 45.1 Å². The number of anilines is 2. The number of aromatic amines is 1. The van der Waals surface area contributed by atoms with Crippen LogP contribution in [0.25, 0.3) is 22.5 Å². The van der Waals surface area contributed by atoms with Crippen molar-refractivity contribution >= 4 is 29.1 Å². The molecule has 3 aromatic carbocycles. The summed E-state index contributed by atoms with van der Waals surface area (Å²) in [4.78, 5) is 38.5. The molecule has 0 bridgehead atoms. The SMILES string of the molecule is CC(=O)Nc1ccccc1-c1ccc(C[C@H](NC(=O)[C@H]2CC[C@H](CN)CC2)C(=O)Nc2ccc(-c3nn[nH]n3)cc2)cc1. The van der Waals surface area contributed by atoms with Crippen molar-refractivity contribution < 1.29 is 14.4 Å². The van der Waals surface area contributed by atoms with Gasteiger partial charge in [0.15, 0.2) is 0 Å². The molecular formula is C32H36N8O3. The first-order valence-electron chi connectivity index (χ1n) is 14.5. The van der Waals surface area contributed by atoms with Crippen molar-refractivity contribution in [2.24, 2.45) is 17.6 Å². The van der Waals surface area contributed by atoms with Gasteiger partial charge in [-0.2, -0.15) is 5.21 Å². The van der Waals surface area contributed by atoms with Crippen LogP contribution in [0.2, 0.25) is 0 Å². The predicted octanol–water partition coefficient (Wildman–Crippen LogP) is 3.92. The van der Waals surface area contributed by atoms with Gasteiger partial charge >= 0.3 is 0 Å². The van der Waals surface area contributed by atoms with Gasteiger partial charge in [0.2, 0.25) is 23.5 Å². The van der Waals surface area contributed by atoms with E-state index in [-0.39, 0.29) is 23.6 Å². The van der Waals surface area contributed by atoms with E-state index in [0.29, 0.717) is 30.4 Å². The van der Waals surface area contributed by atoms with Gasteiger partial charge in [0, 0.05) is 41.8 Å². The molecule has 0 radical (unpaired) electrons. The average Bonchev–Trinajstić information content (AvgIpc) is 3.57. The third-order valence-corrected chi connectivity index (χ3v) is 7.88. The standard InChI is InChI=1S/C32H36N8O3/c1-20(41)34-28-5-3-2-4-27(28)23-10-6-21(7-11-23)18-29(36-31(42)25-12-8-22(19-33)9-13-25)32(43)35-26-16-14-24(15-17-26)30-37-39-40-38-30/h2-7,10-11,14-17,22,25,29H,8-9,12-13,18-19,33H2,1H3,(H,34,41)(H,35,43)(H,36,42)(H,37,38,39,40)/t22-,25-,29-/m0/s1. The minimum atomic E-state index is -0.783. The summed E-state index contributed by atoms with van der Waals surface area (Å²) in [6.45, 7) is 2.11. The number of benzene rings is 3. The molecule has 0 aliphatic heterocycles. The van der Waals surface area contributed by atoms with E-state index in [9.17, 15) is 14.4 Å². The average molecular weight is 581 g/mol. The fourth-order valence-electron chi connectivity index (χ4n) is 5.46. The van der Waals surface area contributed by atoms with Gasteiger partial charge in [-0.15, -0.1) is 10.2 Å². The molecule has 1 atom stereocenters. The van der Waals surface area contributed by atoms with Crippen molar-refractivity contribution in [1.29, 1.82) is 0 Å². The number of hydrogen-bond acceptors (Lipinski definition) is 7. The Hall–Kier alpha value is -4.90. The predicted molar refractivity (Wildman–Crippen MR) is 165 cm³/mol. The van der Waals surface area contributed by atoms with Crippen molar-refractivity contribution in [3.05, 3.63) is 78.4 Å². The van der Waals surface area contributed by atoms with Crippen LogP contribution in [-0.4, -0.2) is 50.9 Å². The summed E-state index contributed by atoms with van der Waals surface area (Å²) in [6.07, 6.45) is 3.67. The summed E-state index contributed by atoms with van der Waals surface area (Å²) in [7, 11) is 0. The zero-order valence-corrected chi connectivity index (χ0v) is 24.0. The Bertz CT molecular complexity index is 1530. The molecule has 11 heteroatoms. The second-order valence-electron chi connectivity index (χ2n) is 10.9. The number of para-hydroxylation sites is 1. The summed E-state index contributed by atoms with van der Waals surface area (Å²) in [5, 5.41) is 22.8. The molecule has 0 unspecified atom stereocenters. The lowest BCUT2D eigenvalue weighted by Crippen LogP contribution is -2.48. The first-order valence-corrected chi connectivity index (χ1v) is 14.5. The molecule has 1 aromatic heterocycles. The first kappa shape index (κ1) is 29.6. The zero-order valence-electron chi connectivity index (χ0n) is 24.0. The van der Waals surface area contributed by atoms with Gasteiger partial charge in [0.1, 0.15) is 6.04 Å². The second kappa shape index (κ2) is 13.8. The highest BCUT2D eigenvalue weighted by Crippen LogP contribution is 2.30. The normalized spacial score (nSPS) is 17.1. The minimum Gasteiger partial charge on any atom is -0.344 e. The molecule has 6 N–H and O–H groups in total. The highest BCUT2D eigenvalue weighted by Gasteiger charge is 2.29. The van der Waals surface area contributed by atoms with Crippen LogP contribution < -0.4 is 21.7 Å². The Kier molecular flexibility index (Phi) is 9.52. The third-order valence-electron chi connectivity index (χ3n) is 7.88. The Morgan fingerprint density at radius 1 is 0.907 bits per heavy atom. The number of carbonyl (C=O) groups is 3. The fourth-order valence-corrected chi connectivity index (χ4v) is 5.46. The molecule has 5 rings (SSSR count). The van der Waals surface area contributed by atoms with Crippen LogP contribution in [0.1, 0.15) is 38.2 Å². The topological polar surface area (TPSA) is 168 Å². The molecule has 1 aliphatic carbocycles. The second-order valence-corrected chi connectivity index (χ2v) is 10.9. The summed E-state index contributed by atoms with van der Waals surface area (Å²) in [5.41, 5.74) is 10.6. The van der Waals surface area contributed by atoms with E-state index in [2.05, 4.69) is 36.6 Å². The molecule has 1 aliphatic rings. The van der Waals surface area contributed by atoms with E-state index < -0.39 is 6.04 Å². The monoisotopic (exact) mass is 580 g/mol. The zero-order chi connectivity index (χ0) is 30.2. The van der Waals surface area contributed by atoms with Crippen LogP contribution in [0.3, 0.4) is 0 Å². The molecule has 4 aromatic rings. The molecule has 11 nitrogen and oxygen atoms in total. The Morgan fingerprint density at radius 3 is 2.26 bits per heavy atom. The van der Waals surface area contributed by atoms with Crippen LogP contribution in [0.5, 0.6) is 0 Å². The van der Waals surface area contributed by atoms with Gasteiger partial charge < -0.3 is 21.7 Å². The summed E-state index contributed by atoms with van der Waals surface area (Å²) < 4.78 is 0. The Labute approximate surface area is 250 Å². The molecule has 1 heterocycles. The van der Waals surface area contributed by atoms with Crippen molar-refractivity contribution in [2.75, 3.05) is 17.2 Å². The quantitative estimate of drug-likeness (QED) is 0.189. The van der Waals surface area contributed by atoms with Gasteiger partial charge in [-0.3, -0.25) is 14.4 Å². The fraction of sp³-hybridized carbons (Fsp3) is 0.312. The lowest BCUT2D eigenvalue weighted by atomic mass is 9.81. The van der Waals surface area contributed by atoms with E-state index in [1.165, 1.54) is 6.92 Å². The van der Waals surface area contributed by atoms with Crippen molar-refractivity contribution in [3.8, 4) is 22.5 Å². The maximum Gasteiger partial charge on any atom is 0.247 e. The van der Waals surface area contributed by atoms with Crippen molar-refractivity contribution in [3.63, 3.8) is 0 Å². The molecule has 0 saturated heterocycles. The van der Waals surface area contributed by atoms with Crippen LogP contribution >= 0.6 is 0 Å². The van der Waals surface area contributed by atoms with E-state index in [1.807, 2.05) is 48.5 Å². The van der Waals surface area contributed by atoms with Crippen LogP contribution in [0, 0.1) is 11.8 Å². The molecular weight excluding hydrogens is 544 g/mol. The summed E-state index contributed by atoms with van der Waals surface area (Å²) in [6, 6.07) is 21.7. The third kappa shape index (κ3) is 7.69. The number of hydrogen-bond donors (Lipinski definition) is 5. The van der Waals surface area contributed by atoms with Crippen LogP contribution in [0.4, 0.5) is 11.4 Å². The van der Waals surface area contributed by atoms with Crippen LogP contribution in [-0.2, 0) is 20.8 Å². The number of nitrogens with two attached hydrogens (primary N) is 1. The first-order chi connectivity index (χ1) is 20.9. The summed E-state index contributed by atoms with van der Waals surface area (Å²) in [5.74, 6) is 0.207. The number of amides is 3. The van der Waals surface area contributed by atoms with Gasteiger partial charge in [-0.1, -0.05) is 42.5 Å². The number of aromatic nitrogens is 4. The number of nitrogens with zero attached hydrogens (tertiary/aromatic N) is 3. The maximum atomic E-state index is 13.6. The molecule has 3 amide bonds. The van der Waals surface area contributed by atoms with Crippen LogP contribution in [0.15, 0.2) is 72.8 Å². The van der Waals surface area contributed by atoms with E-state index in [4.69, 9.17) is 5.73 Å². The van der Waals surface area contributed by atoms with Gasteiger partial charge in [0.05, 0.1) is 0 Å². The Morgan fingerprint density at radius 2 is 1.60 bits per heavy atom. The molecule has 1 saturated carbocycles. The number of rotatable bonds is 10. The van der Waals surface area contributed by atoms with Gasteiger partial charge in [-0.05, 0) is 84.8 Å². The number of nitrogens with one attached hydrogen (secondary N) is 4. The number of H-pyrrole nitrogens is 1. The maximum absolute atomic E-state index is 13.6. The van der Waals surface area contributed by atoms with E-state index >= 15 is 0 Å². The smallest absolute Gasteiger partial charge is 0.247 e. The Balaban J connectivity index is 1.32. The van der Waals surface area contributed by atoms with E-state index in [1.54, 1.807) is 24.3 Å². The van der Waals surface area contributed by atoms with Crippen molar-refractivity contribution in [1.82, 2.24) is 25.9 Å². The molecule has 0 spiro atoms. The number of tetrazole rings is 1. The lowest BCUT2D eigenvalue weighted by molar-refractivity contribution is -0.130. The van der Waals surface area contributed by atoms with E-state index in [0.717, 1.165) is 53.6 Å². The van der Waals surface area contributed by atoms with Gasteiger partial charge in [0.25, 0.3) is 0 Å². The highest BCUT2D eigenvalue weighted by atomic mass is 16.2. The summed E-state index contributed by atoms with van der Waals surface area (Å²) >= 11 is 0. The lowest BCUT2D eigenvalue weighted by Gasteiger charge is -2.28. The minimum absolute atomic E-state index is 0.107. The molecule has 43 heavy (non-hydrogen) atoms.